The fourth-order valence-corrected chi connectivity index (χ4v) is 3.74. The van der Waals surface area contributed by atoms with Gasteiger partial charge in [-0.1, -0.05) is 23.2 Å². The van der Waals surface area contributed by atoms with Gasteiger partial charge >= 0.3 is 0 Å². The minimum atomic E-state index is -0.399. The first-order chi connectivity index (χ1) is 13.4. The van der Waals surface area contributed by atoms with Crippen molar-refractivity contribution in [3.05, 3.63) is 56.8 Å². The first-order valence-corrected chi connectivity index (χ1v) is 9.82. The molecule has 2 heterocycles. The number of aromatic nitrogens is 1. The molecule has 0 spiro atoms. The monoisotopic (exact) mass is 417 g/mol. The molecule has 1 amide bonds. The number of benzene rings is 1. The van der Waals surface area contributed by atoms with Crippen LogP contribution in [0.3, 0.4) is 0 Å². The summed E-state index contributed by atoms with van der Waals surface area (Å²) in [7, 11) is 0. The van der Waals surface area contributed by atoms with E-state index in [0.717, 1.165) is 42.1 Å². The second kappa shape index (κ2) is 8.83. The normalized spacial score (nSPS) is 16.8. The quantitative estimate of drug-likeness (QED) is 0.570. The van der Waals surface area contributed by atoms with Crippen LogP contribution in [0.1, 0.15) is 29.8 Å². The number of carbonyl (C=O) groups is 1. The zero-order valence-electron chi connectivity index (χ0n) is 15.8. The lowest BCUT2D eigenvalue weighted by molar-refractivity contribution is -0.117. The summed E-state index contributed by atoms with van der Waals surface area (Å²) in [6.45, 7) is 4.98. The van der Waals surface area contributed by atoms with Gasteiger partial charge < -0.3 is 14.6 Å². The molecule has 0 radical (unpaired) electrons. The second-order valence-electron chi connectivity index (χ2n) is 6.77. The molecule has 1 aliphatic heterocycles. The molecular formula is C21H21Cl2N3O2. The summed E-state index contributed by atoms with van der Waals surface area (Å²) < 4.78 is 7.46. The molecule has 1 aromatic heterocycles. The number of halogens is 2. The van der Waals surface area contributed by atoms with E-state index in [1.807, 2.05) is 30.6 Å². The smallest absolute Gasteiger partial charge is 0.262 e. The van der Waals surface area contributed by atoms with Crippen LogP contribution in [0.25, 0.3) is 11.8 Å². The van der Waals surface area contributed by atoms with Gasteiger partial charge in [-0.15, -0.1) is 0 Å². The number of carbonyl (C=O) groups excluding carboxylic acids is 1. The van der Waals surface area contributed by atoms with Gasteiger partial charge in [0.05, 0.1) is 16.8 Å². The number of nitriles is 1. The third kappa shape index (κ3) is 4.41. The molecular weight excluding hydrogens is 397 g/mol. The maximum atomic E-state index is 12.4. The molecule has 1 aromatic carbocycles. The van der Waals surface area contributed by atoms with Crippen LogP contribution in [-0.4, -0.2) is 29.7 Å². The lowest BCUT2D eigenvalue weighted by Gasteiger charge is -2.12. The van der Waals surface area contributed by atoms with E-state index in [9.17, 15) is 10.1 Å². The number of ether oxygens (including phenoxy) is 1. The molecule has 1 fully saturated rings. The van der Waals surface area contributed by atoms with Crippen LogP contribution in [0.5, 0.6) is 0 Å². The predicted octanol–water partition coefficient (Wildman–Crippen LogP) is 4.60. The van der Waals surface area contributed by atoms with Crippen LogP contribution in [0, 0.1) is 25.2 Å². The van der Waals surface area contributed by atoms with Crippen molar-refractivity contribution in [2.24, 2.45) is 0 Å². The van der Waals surface area contributed by atoms with E-state index in [1.54, 1.807) is 24.3 Å². The maximum absolute atomic E-state index is 12.4. The number of hydrogen-bond donors (Lipinski definition) is 1. The first-order valence-electron chi connectivity index (χ1n) is 9.06. The van der Waals surface area contributed by atoms with E-state index in [1.165, 1.54) is 0 Å². The Labute approximate surface area is 174 Å². The molecule has 0 saturated carbocycles. The Morgan fingerprint density at radius 1 is 1.39 bits per heavy atom. The molecule has 1 N–H and O–H groups in total. The average molecular weight is 418 g/mol. The van der Waals surface area contributed by atoms with E-state index in [4.69, 9.17) is 27.9 Å². The Kier molecular flexibility index (Phi) is 6.46. The van der Waals surface area contributed by atoms with Gasteiger partial charge in [0, 0.05) is 29.6 Å². The van der Waals surface area contributed by atoms with Crippen LogP contribution in [0.4, 0.5) is 0 Å². The Morgan fingerprint density at radius 3 is 2.86 bits per heavy atom. The highest BCUT2D eigenvalue weighted by atomic mass is 35.5. The van der Waals surface area contributed by atoms with Crippen LogP contribution < -0.4 is 5.32 Å². The number of aryl methyl sites for hydroxylation is 1. The predicted molar refractivity (Wildman–Crippen MR) is 111 cm³/mol. The van der Waals surface area contributed by atoms with Gasteiger partial charge in [0.2, 0.25) is 0 Å². The highest BCUT2D eigenvalue weighted by Crippen LogP contribution is 2.29. The molecule has 5 nitrogen and oxygen atoms in total. The van der Waals surface area contributed by atoms with Gasteiger partial charge in [-0.05, 0) is 62.6 Å². The number of rotatable bonds is 5. The summed E-state index contributed by atoms with van der Waals surface area (Å²) in [5.41, 5.74) is 3.37. The second-order valence-corrected chi connectivity index (χ2v) is 7.62. The number of amides is 1. The van der Waals surface area contributed by atoms with Gasteiger partial charge in [-0.25, -0.2) is 0 Å². The molecule has 0 aliphatic carbocycles. The van der Waals surface area contributed by atoms with Crippen LogP contribution in [0.15, 0.2) is 29.8 Å². The molecule has 1 saturated heterocycles. The van der Waals surface area contributed by atoms with Gasteiger partial charge in [-0.2, -0.15) is 5.26 Å². The topological polar surface area (TPSA) is 67.1 Å². The highest BCUT2D eigenvalue weighted by molar-refractivity contribution is 6.34. The van der Waals surface area contributed by atoms with E-state index < -0.39 is 5.91 Å². The van der Waals surface area contributed by atoms with Crippen molar-refractivity contribution in [2.45, 2.75) is 32.8 Å². The number of nitrogens with one attached hydrogen (secondary N) is 1. The van der Waals surface area contributed by atoms with E-state index in [2.05, 4.69) is 5.32 Å². The molecule has 1 atom stereocenters. The fourth-order valence-electron chi connectivity index (χ4n) is 3.37. The summed E-state index contributed by atoms with van der Waals surface area (Å²) in [4.78, 5) is 12.4. The molecule has 0 bridgehead atoms. The minimum absolute atomic E-state index is 0.0268. The standard InChI is InChI=1S/C21H21Cl2N3O2/c1-13-8-15(14(2)26(13)20-10-17(22)5-6-19(20)23)9-16(11-24)21(27)25-12-18-4-3-7-28-18/h5-6,8-10,18H,3-4,7,12H2,1-2H3,(H,25,27)/b16-9-/t18-/m0/s1. The van der Waals surface area contributed by atoms with E-state index in [-0.39, 0.29) is 11.7 Å². The summed E-state index contributed by atoms with van der Waals surface area (Å²) >= 11 is 12.5. The number of nitrogens with zero attached hydrogens (tertiary/aromatic N) is 2. The minimum Gasteiger partial charge on any atom is -0.376 e. The van der Waals surface area contributed by atoms with Gasteiger partial charge in [-0.3, -0.25) is 4.79 Å². The summed E-state index contributed by atoms with van der Waals surface area (Å²) in [5.74, 6) is -0.399. The van der Waals surface area contributed by atoms with Crippen molar-refractivity contribution in [3.8, 4) is 11.8 Å². The zero-order valence-corrected chi connectivity index (χ0v) is 17.3. The Bertz CT molecular complexity index is 967. The first kappa shape index (κ1) is 20.5. The molecule has 1 aliphatic rings. The zero-order chi connectivity index (χ0) is 20.3. The van der Waals surface area contributed by atoms with Crippen LogP contribution in [-0.2, 0) is 9.53 Å². The Hall–Kier alpha value is -2.26. The Morgan fingerprint density at radius 2 is 2.18 bits per heavy atom. The Balaban J connectivity index is 1.87. The molecule has 0 unspecified atom stereocenters. The van der Waals surface area contributed by atoms with Crippen molar-refractivity contribution in [1.82, 2.24) is 9.88 Å². The lowest BCUT2D eigenvalue weighted by atomic mass is 10.1. The largest absolute Gasteiger partial charge is 0.376 e. The summed E-state index contributed by atoms with van der Waals surface area (Å²) in [6, 6.07) is 9.17. The van der Waals surface area contributed by atoms with Crippen molar-refractivity contribution in [1.29, 1.82) is 5.26 Å². The van der Waals surface area contributed by atoms with E-state index >= 15 is 0 Å². The highest BCUT2D eigenvalue weighted by Gasteiger charge is 2.19. The van der Waals surface area contributed by atoms with E-state index in [0.29, 0.717) is 16.6 Å². The van der Waals surface area contributed by atoms with Gasteiger partial charge in [0.15, 0.2) is 0 Å². The third-order valence-electron chi connectivity index (χ3n) is 4.80. The maximum Gasteiger partial charge on any atom is 0.262 e. The molecule has 3 rings (SSSR count). The summed E-state index contributed by atoms with van der Waals surface area (Å²) in [6.07, 6.45) is 3.55. The van der Waals surface area contributed by atoms with Crippen molar-refractivity contribution < 1.29 is 9.53 Å². The van der Waals surface area contributed by atoms with Crippen molar-refractivity contribution in [2.75, 3.05) is 13.2 Å². The SMILES string of the molecule is Cc1cc(/C=C(/C#N)C(=O)NC[C@@H]2CCCO2)c(C)n1-c1cc(Cl)ccc1Cl. The number of hydrogen-bond acceptors (Lipinski definition) is 3. The van der Waals surface area contributed by atoms with Gasteiger partial charge in [0.25, 0.3) is 5.91 Å². The molecule has 2 aromatic rings. The summed E-state index contributed by atoms with van der Waals surface area (Å²) in [5, 5.41) is 13.4. The molecule has 7 heteroatoms. The van der Waals surface area contributed by atoms with Crippen molar-refractivity contribution >= 4 is 35.2 Å². The molecule has 28 heavy (non-hydrogen) atoms. The van der Waals surface area contributed by atoms with Crippen LogP contribution in [0.2, 0.25) is 10.0 Å². The fraction of sp³-hybridized carbons (Fsp3) is 0.333. The average Bonchev–Trinajstić information content (AvgIpc) is 3.28. The van der Waals surface area contributed by atoms with Gasteiger partial charge in [0.1, 0.15) is 11.6 Å². The molecule has 146 valence electrons. The van der Waals surface area contributed by atoms with Crippen LogP contribution >= 0.6 is 23.2 Å². The lowest BCUT2D eigenvalue weighted by Crippen LogP contribution is -2.32. The van der Waals surface area contributed by atoms with Crippen molar-refractivity contribution in [3.63, 3.8) is 0 Å². The third-order valence-corrected chi connectivity index (χ3v) is 5.35.